The molecule has 6 nitrogen and oxygen atoms in total. The predicted molar refractivity (Wildman–Crippen MR) is 96.4 cm³/mol. The fraction of sp³-hybridized carbons (Fsp3) is 0.316. The Bertz CT molecular complexity index is 917. The van der Waals surface area contributed by atoms with Gasteiger partial charge < -0.3 is 10.4 Å². The Morgan fingerprint density at radius 2 is 2.08 bits per heavy atom. The number of aryl methyl sites for hydroxylation is 1. The molecule has 1 unspecified atom stereocenters. The zero-order valence-corrected chi connectivity index (χ0v) is 14.7. The molecule has 3 rings (SSSR count). The van der Waals surface area contributed by atoms with Crippen molar-refractivity contribution >= 4 is 16.8 Å². The Morgan fingerprint density at radius 3 is 2.84 bits per heavy atom. The molecule has 2 heterocycles. The van der Waals surface area contributed by atoms with Gasteiger partial charge in [0.2, 0.25) is 0 Å². The summed E-state index contributed by atoms with van der Waals surface area (Å²) in [5.74, 6) is -0.135. The van der Waals surface area contributed by atoms with E-state index in [1.807, 2.05) is 45.0 Å². The second kappa shape index (κ2) is 7.03. The first-order valence-electron chi connectivity index (χ1n) is 8.31. The lowest BCUT2D eigenvalue weighted by molar-refractivity contribution is 0.0940. The standard InChI is InChI=1S/C19H22N4O2/c1-12-4-5-15-10-16(6-7-18(15)21-12)19(25)22-13(2)17-11-20-23(8-9-24)14(17)3/h4-7,10-11,13,24H,8-9H2,1-3H3,(H,22,25). The molecule has 0 spiro atoms. The molecule has 0 radical (unpaired) electrons. The number of fused-ring (bicyclic) bond motifs is 1. The number of nitrogens with zero attached hydrogens (tertiary/aromatic N) is 3. The second-order valence-corrected chi connectivity index (χ2v) is 6.19. The van der Waals surface area contributed by atoms with Crippen molar-refractivity contribution in [2.45, 2.75) is 33.4 Å². The molecular weight excluding hydrogens is 316 g/mol. The monoisotopic (exact) mass is 338 g/mol. The highest BCUT2D eigenvalue weighted by molar-refractivity contribution is 5.98. The average Bonchev–Trinajstić information content (AvgIpc) is 2.95. The molecule has 0 saturated heterocycles. The molecule has 1 atom stereocenters. The molecule has 2 N–H and O–H groups in total. The Balaban J connectivity index is 1.78. The van der Waals surface area contributed by atoms with Gasteiger partial charge >= 0.3 is 0 Å². The van der Waals surface area contributed by atoms with Crippen molar-refractivity contribution < 1.29 is 9.90 Å². The third kappa shape index (κ3) is 3.53. The Kier molecular flexibility index (Phi) is 4.81. The van der Waals surface area contributed by atoms with Crippen LogP contribution in [0.4, 0.5) is 0 Å². The fourth-order valence-corrected chi connectivity index (χ4v) is 2.93. The minimum Gasteiger partial charge on any atom is -0.394 e. The molecule has 6 heteroatoms. The lowest BCUT2D eigenvalue weighted by Gasteiger charge is -2.14. The van der Waals surface area contributed by atoms with Crippen molar-refractivity contribution in [1.29, 1.82) is 0 Å². The van der Waals surface area contributed by atoms with Gasteiger partial charge in [0.1, 0.15) is 0 Å². The van der Waals surface area contributed by atoms with Crippen molar-refractivity contribution in [1.82, 2.24) is 20.1 Å². The second-order valence-electron chi connectivity index (χ2n) is 6.19. The zero-order valence-electron chi connectivity index (χ0n) is 14.7. The van der Waals surface area contributed by atoms with E-state index in [4.69, 9.17) is 5.11 Å². The van der Waals surface area contributed by atoms with Crippen LogP contribution in [-0.4, -0.2) is 32.4 Å². The van der Waals surface area contributed by atoms with Crippen LogP contribution < -0.4 is 5.32 Å². The number of carbonyl (C=O) groups is 1. The van der Waals surface area contributed by atoms with Crippen LogP contribution in [0.1, 0.15) is 40.3 Å². The maximum atomic E-state index is 12.6. The minimum atomic E-state index is -0.174. The van der Waals surface area contributed by atoms with E-state index in [-0.39, 0.29) is 18.6 Å². The largest absolute Gasteiger partial charge is 0.394 e. The normalized spacial score (nSPS) is 12.3. The third-order valence-corrected chi connectivity index (χ3v) is 4.36. The van der Waals surface area contributed by atoms with Crippen molar-refractivity contribution in [2.75, 3.05) is 6.61 Å². The fourth-order valence-electron chi connectivity index (χ4n) is 2.93. The number of hydrogen-bond acceptors (Lipinski definition) is 4. The van der Waals surface area contributed by atoms with Crippen LogP contribution in [0.3, 0.4) is 0 Å². The van der Waals surface area contributed by atoms with Gasteiger partial charge in [0.25, 0.3) is 5.91 Å². The summed E-state index contributed by atoms with van der Waals surface area (Å²) in [6.07, 6.45) is 1.74. The molecule has 0 saturated carbocycles. The highest BCUT2D eigenvalue weighted by Crippen LogP contribution is 2.19. The molecule has 25 heavy (non-hydrogen) atoms. The highest BCUT2D eigenvalue weighted by Gasteiger charge is 2.16. The summed E-state index contributed by atoms with van der Waals surface area (Å²) in [5, 5.41) is 17.3. The van der Waals surface area contributed by atoms with Gasteiger partial charge in [0.05, 0.1) is 30.9 Å². The summed E-state index contributed by atoms with van der Waals surface area (Å²) in [4.78, 5) is 17.0. The van der Waals surface area contributed by atoms with E-state index < -0.39 is 0 Å². The summed E-state index contributed by atoms with van der Waals surface area (Å²) >= 11 is 0. The molecule has 0 aliphatic carbocycles. The Hall–Kier alpha value is -2.73. The van der Waals surface area contributed by atoms with E-state index >= 15 is 0 Å². The van der Waals surface area contributed by atoms with Crippen molar-refractivity contribution in [3.05, 3.63) is 59.0 Å². The Labute approximate surface area is 146 Å². The summed E-state index contributed by atoms with van der Waals surface area (Å²) in [7, 11) is 0. The van der Waals surface area contributed by atoms with Crippen LogP contribution in [0.5, 0.6) is 0 Å². The molecule has 0 bridgehead atoms. The van der Waals surface area contributed by atoms with Crippen LogP contribution in [0.15, 0.2) is 36.5 Å². The molecule has 0 fully saturated rings. The Morgan fingerprint density at radius 1 is 1.28 bits per heavy atom. The van der Waals surface area contributed by atoms with Crippen LogP contribution in [0.25, 0.3) is 10.9 Å². The van der Waals surface area contributed by atoms with Crippen LogP contribution in [-0.2, 0) is 6.54 Å². The van der Waals surface area contributed by atoms with E-state index in [2.05, 4.69) is 15.4 Å². The first kappa shape index (κ1) is 17.1. The molecule has 0 aliphatic heterocycles. The number of amides is 1. The van der Waals surface area contributed by atoms with Crippen molar-refractivity contribution in [3.63, 3.8) is 0 Å². The van der Waals surface area contributed by atoms with E-state index in [0.717, 1.165) is 27.9 Å². The van der Waals surface area contributed by atoms with E-state index in [1.165, 1.54) is 0 Å². The van der Waals surface area contributed by atoms with Crippen LogP contribution in [0, 0.1) is 13.8 Å². The lowest BCUT2D eigenvalue weighted by Crippen LogP contribution is -2.27. The van der Waals surface area contributed by atoms with Gasteiger partial charge in [-0.25, -0.2) is 0 Å². The zero-order chi connectivity index (χ0) is 18.0. The SMILES string of the molecule is Cc1ccc2cc(C(=O)NC(C)c3cnn(CCO)c3C)ccc2n1. The van der Waals surface area contributed by atoms with Gasteiger partial charge in [0.15, 0.2) is 0 Å². The number of aliphatic hydroxyl groups excluding tert-OH is 1. The average molecular weight is 338 g/mol. The molecule has 1 amide bonds. The molecule has 2 aromatic heterocycles. The molecule has 1 aromatic carbocycles. The number of carbonyl (C=O) groups excluding carboxylic acids is 1. The van der Waals surface area contributed by atoms with E-state index in [9.17, 15) is 4.79 Å². The number of nitrogens with one attached hydrogen (secondary N) is 1. The van der Waals surface area contributed by atoms with Crippen LogP contribution in [0.2, 0.25) is 0 Å². The maximum Gasteiger partial charge on any atom is 0.251 e. The molecule has 3 aromatic rings. The minimum absolute atomic E-state index is 0.0350. The quantitative estimate of drug-likeness (QED) is 0.749. The first-order chi connectivity index (χ1) is 12.0. The van der Waals surface area contributed by atoms with Crippen LogP contribution >= 0.6 is 0 Å². The summed E-state index contributed by atoms with van der Waals surface area (Å²) in [6.45, 7) is 6.29. The van der Waals surface area contributed by atoms with Gasteiger partial charge in [-0.05, 0) is 45.0 Å². The number of aromatic nitrogens is 3. The first-order valence-corrected chi connectivity index (χ1v) is 8.31. The number of pyridine rings is 1. The number of rotatable bonds is 5. The van der Waals surface area contributed by atoms with E-state index in [0.29, 0.717) is 12.1 Å². The molecule has 130 valence electrons. The van der Waals surface area contributed by atoms with E-state index in [1.54, 1.807) is 16.9 Å². The van der Waals surface area contributed by atoms with Crippen molar-refractivity contribution in [2.24, 2.45) is 0 Å². The highest BCUT2D eigenvalue weighted by atomic mass is 16.3. The third-order valence-electron chi connectivity index (χ3n) is 4.36. The summed E-state index contributed by atoms with van der Waals surface area (Å²) in [6, 6.07) is 9.25. The van der Waals surface area contributed by atoms with Gasteiger partial charge in [-0.1, -0.05) is 6.07 Å². The number of hydrogen-bond donors (Lipinski definition) is 2. The molecule has 0 aliphatic rings. The van der Waals surface area contributed by atoms with Gasteiger partial charge in [-0.15, -0.1) is 0 Å². The molecular formula is C19H22N4O2. The number of aliphatic hydroxyl groups is 1. The summed E-state index contributed by atoms with van der Waals surface area (Å²) < 4.78 is 1.74. The van der Waals surface area contributed by atoms with Gasteiger partial charge in [-0.3, -0.25) is 14.5 Å². The smallest absolute Gasteiger partial charge is 0.251 e. The summed E-state index contributed by atoms with van der Waals surface area (Å²) in [5.41, 5.74) is 4.32. The van der Waals surface area contributed by atoms with Gasteiger partial charge in [0, 0.05) is 27.9 Å². The maximum absolute atomic E-state index is 12.6. The number of benzene rings is 1. The van der Waals surface area contributed by atoms with Crippen molar-refractivity contribution in [3.8, 4) is 0 Å². The van der Waals surface area contributed by atoms with Gasteiger partial charge in [-0.2, -0.15) is 5.10 Å². The topological polar surface area (TPSA) is 80.0 Å². The predicted octanol–water partition coefficient (Wildman–Crippen LogP) is 2.53. The lowest BCUT2D eigenvalue weighted by atomic mass is 10.1.